The molecule has 0 spiro atoms. The Morgan fingerprint density at radius 3 is 2.58 bits per heavy atom. The van der Waals surface area contributed by atoms with Crippen LogP contribution in [-0.4, -0.2) is 14.7 Å². The predicted molar refractivity (Wildman–Crippen MR) is 46.4 cm³/mol. The van der Waals surface area contributed by atoms with Gasteiger partial charge in [-0.2, -0.15) is 8.42 Å². The first-order valence-electron chi connectivity index (χ1n) is 3.29. The number of rotatable bonds is 2. The summed E-state index contributed by atoms with van der Waals surface area (Å²) in [7, 11) is -3.42. The molecule has 65 valence electrons. The third-order valence-corrected chi connectivity index (χ3v) is 1.64. The molecule has 0 saturated heterocycles. The van der Waals surface area contributed by atoms with Crippen molar-refractivity contribution in [1.82, 2.24) is 0 Å². The summed E-state index contributed by atoms with van der Waals surface area (Å²) < 4.78 is 26.0. The lowest BCUT2D eigenvalue weighted by atomic mass is 10.2. The molecule has 1 rings (SSSR count). The maximum atomic E-state index is 10.7. The van der Waals surface area contributed by atoms with Crippen molar-refractivity contribution >= 4 is 10.1 Å². The van der Waals surface area contributed by atoms with Crippen LogP contribution in [-0.2, 0) is 10.1 Å². The first-order valence-corrected chi connectivity index (χ1v) is 5.10. The molecule has 0 unspecified atom stereocenters. The molecule has 0 atom stereocenters. The van der Waals surface area contributed by atoms with E-state index in [1.807, 2.05) is 0 Å². The minimum Gasteiger partial charge on any atom is -0.383 e. The first-order chi connectivity index (χ1) is 5.47. The minimum atomic E-state index is -3.42. The molecule has 1 aromatic rings. The Morgan fingerprint density at radius 1 is 1.42 bits per heavy atom. The highest BCUT2D eigenvalue weighted by Gasteiger charge is 2.02. The number of hydrogen-bond donors (Lipinski definition) is 0. The van der Waals surface area contributed by atoms with Crippen molar-refractivity contribution in [2.24, 2.45) is 0 Å². The van der Waals surface area contributed by atoms with Crippen molar-refractivity contribution in [3.8, 4) is 5.75 Å². The van der Waals surface area contributed by atoms with Gasteiger partial charge in [0.1, 0.15) is 5.75 Å². The van der Waals surface area contributed by atoms with Crippen LogP contribution in [0.4, 0.5) is 0 Å². The van der Waals surface area contributed by atoms with Gasteiger partial charge in [-0.25, -0.2) is 0 Å². The Hall–Kier alpha value is -1.03. The SMILES string of the molecule is [CH2]c1cccc(OS(C)(=O)=O)c1. The number of hydrogen-bond acceptors (Lipinski definition) is 3. The third kappa shape index (κ3) is 2.92. The fourth-order valence-electron chi connectivity index (χ4n) is 0.772. The zero-order valence-electron chi connectivity index (χ0n) is 6.65. The van der Waals surface area contributed by atoms with E-state index in [9.17, 15) is 8.42 Å². The van der Waals surface area contributed by atoms with E-state index < -0.39 is 10.1 Å². The molecule has 0 fully saturated rings. The van der Waals surface area contributed by atoms with Crippen LogP contribution >= 0.6 is 0 Å². The van der Waals surface area contributed by atoms with Gasteiger partial charge in [-0.05, 0) is 24.6 Å². The van der Waals surface area contributed by atoms with E-state index in [1.54, 1.807) is 24.3 Å². The highest BCUT2D eigenvalue weighted by Crippen LogP contribution is 2.13. The second-order valence-electron chi connectivity index (χ2n) is 2.43. The quantitative estimate of drug-likeness (QED) is 0.650. The summed E-state index contributed by atoms with van der Waals surface area (Å²) >= 11 is 0. The summed E-state index contributed by atoms with van der Waals surface area (Å²) in [5.41, 5.74) is 0.719. The fourth-order valence-corrected chi connectivity index (χ4v) is 1.23. The predicted octanol–water partition coefficient (Wildman–Crippen LogP) is 1.21. The lowest BCUT2D eigenvalue weighted by molar-refractivity contribution is 0.493. The monoisotopic (exact) mass is 185 g/mol. The maximum absolute atomic E-state index is 10.7. The van der Waals surface area contributed by atoms with Gasteiger partial charge in [-0.15, -0.1) is 0 Å². The average Bonchev–Trinajstić information content (AvgIpc) is 1.82. The molecule has 0 N–H and O–H groups in total. The topological polar surface area (TPSA) is 43.4 Å². The largest absolute Gasteiger partial charge is 0.383 e. The van der Waals surface area contributed by atoms with E-state index in [0.717, 1.165) is 11.8 Å². The minimum absolute atomic E-state index is 0.296. The van der Waals surface area contributed by atoms with Gasteiger partial charge in [0.05, 0.1) is 6.26 Å². The van der Waals surface area contributed by atoms with Crippen LogP contribution in [0.5, 0.6) is 5.75 Å². The zero-order valence-corrected chi connectivity index (χ0v) is 7.47. The highest BCUT2D eigenvalue weighted by atomic mass is 32.2. The van der Waals surface area contributed by atoms with Gasteiger partial charge in [-0.1, -0.05) is 12.1 Å². The molecule has 0 aliphatic rings. The normalized spacial score (nSPS) is 11.2. The summed E-state index contributed by atoms with van der Waals surface area (Å²) in [4.78, 5) is 0. The van der Waals surface area contributed by atoms with Crippen LogP contribution in [0.15, 0.2) is 24.3 Å². The Morgan fingerprint density at radius 2 is 2.08 bits per heavy atom. The van der Waals surface area contributed by atoms with Crippen molar-refractivity contribution in [3.05, 3.63) is 36.8 Å². The Bertz CT molecular complexity index is 368. The van der Waals surface area contributed by atoms with E-state index in [4.69, 9.17) is 0 Å². The summed E-state index contributed by atoms with van der Waals surface area (Å²) in [6, 6.07) is 6.56. The van der Waals surface area contributed by atoms with Crippen molar-refractivity contribution < 1.29 is 12.6 Å². The second-order valence-corrected chi connectivity index (χ2v) is 4.01. The lowest BCUT2D eigenvalue weighted by Crippen LogP contribution is -2.05. The van der Waals surface area contributed by atoms with Gasteiger partial charge in [0.15, 0.2) is 0 Å². The Balaban J connectivity index is 2.91. The fraction of sp³-hybridized carbons (Fsp3) is 0.125. The van der Waals surface area contributed by atoms with E-state index >= 15 is 0 Å². The van der Waals surface area contributed by atoms with E-state index in [2.05, 4.69) is 11.1 Å². The number of benzene rings is 1. The van der Waals surface area contributed by atoms with Crippen molar-refractivity contribution in [3.63, 3.8) is 0 Å². The third-order valence-electron chi connectivity index (χ3n) is 1.15. The van der Waals surface area contributed by atoms with Gasteiger partial charge >= 0.3 is 10.1 Å². The molecule has 0 heterocycles. The molecule has 0 aliphatic carbocycles. The zero-order chi connectivity index (χ0) is 9.19. The van der Waals surface area contributed by atoms with Crippen LogP contribution < -0.4 is 4.18 Å². The average molecular weight is 185 g/mol. The molecule has 0 amide bonds. The molecule has 3 nitrogen and oxygen atoms in total. The lowest BCUT2D eigenvalue weighted by Gasteiger charge is -2.02. The Labute approximate surface area is 72.1 Å². The smallest absolute Gasteiger partial charge is 0.306 e. The molecule has 0 aliphatic heterocycles. The maximum Gasteiger partial charge on any atom is 0.306 e. The van der Waals surface area contributed by atoms with Crippen LogP contribution in [0, 0.1) is 6.92 Å². The molecular weight excluding hydrogens is 176 g/mol. The van der Waals surface area contributed by atoms with Crippen LogP contribution in [0.3, 0.4) is 0 Å². The van der Waals surface area contributed by atoms with E-state index in [0.29, 0.717) is 5.75 Å². The Kier molecular flexibility index (Phi) is 2.38. The standard InChI is InChI=1S/C8H9O3S/c1-7-4-3-5-8(6-7)11-12(2,9)10/h3-6H,1H2,2H3. The molecule has 1 aromatic carbocycles. The molecule has 1 radical (unpaired) electrons. The molecule has 4 heteroatoms. The summed E-state index contributed by atoms with van der Waals surface area (Å²) in [6.45, 7) is 3.64. The van der Waals surface area contributed by atoms with Gasteiger partial charge in [0, 0.05) is 0 Å². The second kappa shape index (κ2) is 3.15. The molecule has 0 saturated carbocycles. The van der Waals surface area contributed by atoms with Crippen molar-refractivity contribution in [2.45, 2.75) is 0 Å². The van der Waals surface area contributed by atoms with Crippen LogP contribution in [0.25, 0.3) is 0 Å². The van der Waals surface area contributed by atoms with E-state index in [1.165, 1.54) is 0 Å². The summed E-state index contributed by atoms with van der Waals surface area (Å²) in [5, 5.41) is 0. The molecule has 12 heavy (non-hydrogen) atoms. The van der Waals surface area contributed by atoms with Gasteiger partial charge in [0.2, 0.25) is 0 Å². The molecular formula is C8H9O3S. The van der Waals surface area contributed by atoms with E-state index in [-0.39, 0.29) is 0 Å². The molecule has 0 aromatic heterocycles. The summed E-state index contributed by atoms with van der Waals surface area (Å²) in [6.07, 6.45) is 1.00. The van der Waals surface area contributed by atoms with Crippen molar-refractivity contribution in [1.29, 1.82) is 0 Å². The molecule has 0 bridgehead atoms. The van der Waals surface area contributed by atoms with Crippen LogP contribution in [0.2, 0.25) is 0 Å². The van der Waals surface area contributed by atoms with Gasteiger partial charge in [-0.3, -0.25) is 0 Å². The van der Waals surface area contributed by atoms with Gasteiger partial charge < -0.3 is 4.18 Å². The van der Waals surface area contributed by atoms with Crippen molar-refractivity contribution in [2.75, 3.05) is 6.26 Å². The van der Waals surface area contributed by atoms with Crippen LogP contribution in [0.1, 0.15) is 5.56 Å². The summed E-state index contributed by atoms with van der Waals surface area (Å²) in [5.74, 6) is 0.296. The van der Waals surface area contributed by atoms with Gasteiger partial charge in [0.25, 0.3) is 0 Å². The highest BCUT2D eigenvalue weighted by molar-refractivity contribution is 7.86. The first kappa shape index (κ1) is 9.06.